The molecule has 1 aromatic rings. The average Bonchev–Trinajstić information content (AvgIpc) is 2.59. The summed E-state index contributed by atoms with van der Waals surface area (Å²) in [6.07, 6.45) is 5.21. The second kappa shape index (κ2) is 5.19. The van der Waals surface area contributed by atoms with Crippen molar-refractivity contribution >= 4 is 11.6 Å². The number of rotatable bonds is 5. The highest BCUT2D eigenvalue weighted by Gasteiger charge is 2.09. The molecule has 1 atom stereocenters. The van der Waals surface area contributed by atoms with Crippen LogP contribution in [-0.2, 0) is 0 Å². The van der Waals surface area contributed by atoms with Gasteiger partial charge in [-0.1, -0.05) is 0 Å². The first kappa shape index (κ1) is 9.58. The number of halogens is 1. The first-order valence-corrected chi connectivity index (χ1v) is 4.46. The molecule has 0 radical (unpaired) electrons. The fraction of sp³-hybridized carbons (Fsp3) is 0.500. The first-order valence-electron chi connectivity index (χ1n) is 3.92. The number of furan rings is 1. The summed E-state index contributed by atoms with van der Waals surface area (Å²) in [6.45, 7) is 0. The molecule has 0 aliphatic rings. The molecule has 0 aliphatic carbocycles. The summed E-state index contributed by atoms with van der Waals surface area (Å²) >= 11 is 5.57. The van der Waals surface area contributed by atoms with Gasteiger partial charge in [0.15, 0.2) is 0 Å². The monoisotopic (exact) mass is 188 g/mol. The molecule has 68 valence electrons. The fourth-order valence-electron chi connectivity index (χ4n) is 1.10. The van der Waals surface area contributed by atoms with Crippen LogP contribution in [0, 0.1) is 0 Å². The molecule has 1 aromatic heterocycles. The zero-order valence-electron chi connectivity index (χ0n) is 6.79. The zero-order chi connectivity index (χ0) is 8.81. The van der Waals surface area contributed by atoms with Crippen molar-refractivity contribution in [3.8, 4) is 0 Å². The molecular formula is C8H13ClN2O. The maximum absolute atomic E-state index is 5.57. The molecule has 0 aliphatic heterocycles. The Hall–Kier alpha value is -0.510. The van der Waals surface area contributed by atoms with Crippen molar-refractivity contribution in [1.29, 1.82) is 0 Å². The predicted molar refractivity (Wildman–Crippen MR) is 48.7 cm³/mol. The maximum atomic E-state index is 5.57. The second-order valence-electron chi connectivity index (χ2n) is 2.61. The summed E-state index contributed by atoms with van der Waals surface area (Å²) in [5.74, 6) is 6.03. The number of hydrogen-bond donors (Lipinski definition) is 2. The van der Waals surface area contributed by atoms with Gasteiger partial charge >= 0.3 is 0 Å². The Bertz CT molecular complexity index is 201. The van der Waals surface area contributed by atoms with Crippen LogP contribution in [0.3, 0.4) is 0 Å². The van der Waals surface area contributed by atoms with Crippen LogP contribution in [0.25, 0.3) is 0 Å². The van der Waals surface area contributed by atoms with E-state index in [1.165, 1.54) is 0 Å². The Balaban J connectivity index is 2.45. The van der Waals surface area contributed by atoms with Gasteiger partial charge in [0, 0.05) is 17.5 Å². The molecule has 0 aromatic carbocycles. The van der Waals surface area contributed by atoms with E-state index in [9.17, 15) is 0 Å². The minimum Gasteiger partial charge on any atom is -0.472 e. The van der Waals surface area contributed by atoms with Crippen LogP contribution >= 0.6 is 11.6 Å². The van der Waals surface area contributed by atoms with E-state index in [2.05, 4.69) is 5.43 Å². The average molecular weight is 189 g/mol. The van der Waals surface area contributed by atoms with E-state index in [4.69, 9.17) is 21.9 Å². The lowest BCUT2D eigenvalue weighted by molar-refractivity contribution is 0.497. The molecule has 0 amide bonds. The van der Waals surface area contributed by atoms with Gasteiger partial charge in [0.05, 0.1) is 12.5 Å². The van der Waals surface area contributed by atoms with Gasteiger partial charge in [-0.05, 0) is 18.9 Å². The van der Waals surface area contributed by atoms with Crippen LogP contribution in [0.15, 0.2) is 23.0 Å². The quantitative estimate of drug-likeness (QED) is 0.421. The number of nitrogens with two attached hydrogens (primary N) is 1. The van der Waals surface area contributed by atoms with Gasteiger partial charge in [0.1, 0.15) is 0 Å². The van der Waals surface area contributed by atoms with E-state index in [1.807, 2.05) is 6.07 Å². The standard InChI is InChI=1S/C8H13ClN2O/c9-4-1-2-8(11-10)7-3-5-12-6-7/h3,5-6,8,11H,1-2,4,10H2. The SMILES string of the molecule is NNC(CCCCl)c1ccoc1. The molecule has 0 saturated heterocycles. The lowest BCUT2D eigenvalue weighted by Gasteiger charge is -2.12. The van der Waals surface area contributed by atoms with Gasteiger partial charge < -0.3 is 4.42 Å². The molecular weight excluding hydrogens is 176 g/mol. The van der Waals surface area contributed by atoms with Gasteiger partial charge in [0.25, 0.3) is 0 Å². The molecule has 1 unspecified atom stereocenters. The fourth-order valence-corrected chi connectivity index (χ4v) is 1.26. The smallest absolute Gasteiger partial charge is 0.0950 e. The summed E-state index contributed by atoms with van der Waals surface area (Å²) in [4.78, 5) is 0. The van der Waals surface area contributed by atoms with Crippen LogP contribution < -0.4 is 11.3 Å². The van der Waals surface area contributed by atoms with Crippen molar-refractivity contribution in [2.24, 2.45) is 5.84 Å². The zero-order valence-corrected chi connectivity index (χ0v) is 7.55. The molecule has 3 N–H and O–H groups in total. The largest absolute Gasteiger partial charge is 0.472 e. The normalized spacial score (nSPS) is 13.2. The Morgan fingerprint density at radius 3 is 3.00 bits per heavy atom. The minimum absolute atomic E-state index is 0.155. The van der Waals surface area contributed by atoms with Crippen molar-refractivity contribution in [3.63, 3.8) is 0 Å². The van der Waals surface area contributed by atoms with Crippen molar-refractivity contribution in [2.45, 2.75) is 18.9 Å². The van der Waals surface area contributed by atoms with E-state index >= 15 is 0 Å². The Labute approximate surface area is 76.8 Å². The van der Waals surface area contributed by atoms with E-state index in [0.29, 0.717) is 5.88 Å². The number of alkyl halides is 1. The van der Waals surface area contributed by atoms with Crippen LogP contribution in [-0.4, -0.2) is 5.88 Å². The lowest BCUT2D eigenvalue weighted by atomic mass is 10.1. The molecule has 3 nitrogen and oxygen atoms in total. The van der Waals surface area contributed by atoms with Crippen molar-refractivity contribution < 1.29 is 4.42 Å². The third-order valence-corrected chi connectivity index (χ3v) is 2.04. The Morgan fingerprint density at radius 2 is 2.50 bits per heavy atom. The van der Waals surface area contributed by atoms with Gasteiger partial charge in [-0.25, -0.2) is 0 Å². The second-order valence-corrected chi connectivity index (χ2v) is 2.99. The molecule has 1 heterocycles. The molecule has 0 fully saturated rings. The highest BCUT2D eigenvalue weighted by atomic mass is 35.5. The first-order chi connectivity index (χ1) is 5.88. The van der Waals surface area contributed by atoms with E-state index < -0.39 is 0 Å². The molecule has 4 heteroatoms. The molecule has 1 rings (SSSR count). The molecule has 0 spiro atoms. The highest BCUT2D eigenvalue weighted by molar-refractivity contribution is 6.17. The molecule has 12 heavy (non-hydrogen) atoms. The van der Waals surface area contributed by atoms with E-state index in [0.717, 1.165) is 18.4 Å². The summed E-state index contributed by atoms with van der Waals surface area (Å²) < 4.78 is 4.95. The Kier molecular flexibility index (Phi) is 4.14. The van der Waals surface area contributed by atoms with Crippen molar-refractivity contribution in [2.75, 3.05) is 5.88 Å². The van der Waals surface area contributed by atoms with Crippen LogP contribution in [0.2, 0.25) is 0 Å². The third-order valence-electron chi connectivity index (χ3n) is 1.77. The van der Waals surface area contributed by atoms with Crippen LogP contribution in [0.1, 0.15) is 24.4 Å². The highest BCUT2D eigenvalue weighted by Crippen LogP contribution is 2.17. The number of nitrogens with one attached hydrogen (secondary N) is 1. The predicted octanol–water partition coefficient (Wildman–Crippen LogP) is 1.80. The van der Waals surface area contributed by atoms with Crippen molar-refractivity contribution in [3.05, 3.63) is 24.2 Å². The maximum Gasteiger partial charge on any atom is 0.0950 e. The van der Waals surface area contributed by atoms with Crippen molar-refractivity contribution in [1.82, 2.24) is 5.43 Å². The van der Waals surface area contributed by atoms with Gasteiger partial charge in [-0.2, -0.15) is 0 Å². The summed E-state index contributed by atoms with van der Waals surface area (Å²) in [5, 5.41) is 0. The summed E-state index contributed by atoms with van der Waals surface area (Å²) in [6, 6.07) is 2.06. The number of hydrazine groups is 1. The van der Waals surface area contributed by atoms with E-state index in [-0.39, 0.29) is 6.04 Å². The van der Waals surface area contributed by atoms with Gasteiger partial charge in [-0.3, -0.25) is 11.3 Å². The van der Waals surface area contributed by atoms with E-state index in [1.54, 1.807) is 12.5 Å². The summed E-state index contributed by atoms with van der Waals surface area (Å²) in [5.41, 5.74) is 3.79. The van der Waals surface area contributed by atoms with Crippen LogP contribution in [0.4, 0.5) is 0 Å². The number of hydrogen-bond acceptors (Lipinski definition) is 3. The Morgan fingerprint density at radius 1 is 1.67 bits per heavy atom. The van der Waals surface area contributed by atoms with Gasteiger partial charge in [0.2, 0.25) is 0 Å². The third kappa shape index (κ3) is 2.52. The minimum atomic E-state index is 0.155. The topological polar surface area (TPSA) is 51.2 Å². The molecule has 0 bridgehead atoms. The lowest BCUT2D eigenvalue weighted by Crippen LogP contribution is -2.27. The summed E-state index contributed by atoms with van der Waals surface area (Å²) in [7, 11) is 0. The van der Waals surface area contributed by atoms with Crippen LogP contribution in [0.5, 0.6) is 0 Å². The van der Waals surface area contributed by atoms with Gasteiger partial charge in [-0.15, -0.1) is 11.6 Å². The molecule has 0 saturated carbocycles.